The summed E-state index contributed by atoms with van der Waals surface area (Å²) in [5.74, 6) is 2.29. The molecule has 7 nitrogen and oxygen atoms in total. The summed E-state index contributed by atoms with van der Waals surface area (Å²) < 4.78 is 10.9. The van der Waals surface area contributed by atoms with Gasteiger partial charge >= 0.3 is 0 Å². The molecular weight excluding hydrogens is 402 g/mol. The van der Waals surface area contributed by atoms with Crippen LogP contribution in [0.15, 0.2) is 67.1 Å². The Morgan fingerprint density at radius 1 is 0.906 bits per heavy atom. The number of fused-ring (bicyclic) bond motifs is 2. The first-order chi connectivity index (χ1) is 15.8. The van der Waals surface area contributed by atoms with Crippen molar-refractivity contribution >= 4 is 0 Å². The molecule has 2 aliphatic heterocycles. The first-order valence-corrected chi connectivity index (χ1v) is 10.7. The highest BCUT2D eigenvalue weighted by molar-refractivity contribution is 5.64. The molecule has 32 heavy (non-hydrogen) atoms. The molecule has 0 saturated heterocycles. The zero-order chi connectivity index (χ0) is 21.3. The highest BCUT2D eigenvalue weighted by Crippen LogP contribution is 2.35. The molecule has 2 aliphatic rings. The number of pyridine rings is 2. The van der Waals surface area contributed by atoms with E-state index in [2.05, 4.69) is 27.0 Å². The fraction of sp³-hybridized carbons (Fsp3) is 0.200. The second-order valence-corrected chi connectivity index (χ2v) is 7.95. The van der Waals surface area contributed by atoms with Gasteiger partial charge in [-0.15, -0.1) is 0 Å². The average Bonchev–Trinajstić information content (AvgIpc) is 3.32. The summed E-state index contributed by atoms with van der Waals surface area (Å²) in [6.07, 6.45) is 6.41. The van der Waals surface area contributed by atoms with Gasteiger partial charge < -0.3 is 9.47 Å². The second-order valence-electron chi connectivity index (χ2n) is 7.95. The number of hydrogen-bond acceptors (Lipinski definition) is 7. The third-order valence-electron chi connectivity index (χ3n) is 5.79. The van der Waals surface area contributed by atoms with Crippen LogP contribution in [0.3, 0.4) is 0 Å². The Labute approximate surface area is 185 Å². The molecule has 0 amide bonds. The van der Waals surface area contributed by atoms with Crippen molar-refractivity contribution in [2.24, 2.45) is 0 Å². The fourth-order valence-corrected chi connectivity index (χ4v) is 4.16. The topological polar surface area (TPSA) is 73.3 Å². The Morgan fingerprint density at radius 2 is 1.88 bits per heavy atom. The van der Waals surface area contributed by atoms with E-state index >= 15 is 0 Å². The van der Waals surface area contributed by atoms with Crippen molar-refractivity contribution in [1.29, 1.82) is 0 Å². The van der Waals surface area contributed by atoms with Crippen LogP contribution in [-0.4, -0.2) is 38.2 Å². The van der Waals surface area contributed by atoms with E-state index in [1.54, 1.807) is 12.4 Å². The van der Waals surface area contributed by atoms with Crippen LogP contribution in [-0.2, 0) is 19.5 Å². The summed E-state index contributed by atoms with van der Waals surface area (Å²) in [7, 11) is 0. The van der Waals surface area contributed by atoms with Gasteiger partial charge in [0.25, 0.3) is 0 Å². The van der Waals surface area contributed by atoms with Gasteiger partial charge in [-0.3, -0.25) is 14.9 Å². The van der Waals surface area contributed by atoms with Crippen molar-refractivity contribution in [2.75, 3.05) is 13.3 Å². The van der Waals surface area contributed by atoms with E-state index in [0.717, 1.165) is 71.6 Å². The Morgan fingerprint density at radius 3 is 2.81 bits per heavy atom. The second kappa shape index (κ2) is 8.01. The number of hydrogen-bond donors (Lipinski definition) is 0. The van der Waals surface area contributed by atoms with Crippen LogP contribution in [0.2, 0.25) is 0 Å². The predicted octanol–water partition coefficient (Wildman–Crippen LogP) is 3.89. The molecule has 0 N–H and O–H groups in total. The lowest BCUT2D eigenvalue weighted by Gasteiger charge is -2.27. The zero-order valence-electron chi connectivity index (χ0n) is 17.4. The molecule has 7 heteroatoms. The van der Waals surface area contributed by atoms with Crippen molar-refractivity contribution < 1.29 is 9.47 Å². The van der Waals surface area contributed by atoms with Crippen LogP contribution in [0.4, 0.5) is 0 Å². The van der Waals surface area contributed by atoms with Gasteiger partial charge in [-0.2, -0.15) is 0 Å². The van der Waals surface area contributed by atoms with E-state index in [1.807, 2.05) is 42.6 Å². The Balaban J connectivity index is 1.18. The first-order valence-electron chi connectivity index (χ1n) is 10.7. The maximum atomic E-state index is 5.51. The van der Waals surface area contributed by atoms with Crippen molar-refractivity contribution in [1.82, 2.24) is 24.8 Å². The van der Waals surface area contributed by atoms with Gasteiger partial charge in [0.15, 0.2) is 17.3 Å². The minimum atomic E-state index is 0.274. The van der Waals surface area contributed by atoms with Crippen molar-refractivity contribution in [3.63, 3.8) is 0 Å². The molecule has 0 saturated carbocycles. The lowest BCUT2D eigenvalue weighted by molar-refractivity contribution is 0.174. The van der Waals surface area contributed by atoms with Crippen LogP contribution in [0, 0.1) is 0 Å². The first kappa shape index (κ1) is 18.9. The van der Waals surface area contributed by atoms with Gasteiger partial charge in [-0.05, 0) is 42.5 Å². The van der Waals surface area contributed by atoms with Gasteiger partial charge in [0.1, 0.15) is 0 Å². The molecule has 6 rings (SSSR count). The van der Waals surface area contributed by atoms with Gasteiger partial charge in [-0.1, -0.05) is 6.07 Å². The molecule has 0 unspecified atom stereocenters. The van der Waals surface area contributed by atoms with Crippen LogP contribution in [0.1, 0.15) is 17.0 Å². The lowest BCUT2D eigenvalue weighted by atomic mass is 10.1. The third kappa shape index (κ3) is 3.67. The number of aromatic nitrogens is 4. The molecule has 0 spiro atoms. The van der Waals surface area contributed by atoms with Gasteiger partial charge in [0.05, 0.1) is 17.1 Å². The molecule has 1 aromatic carbocycles. The van der Waals surface area contributed by atoms with Crippen LogP contribution in [0.5, 0.6) is 11.5 Å². The highest BCUT2D eigenvalue weighted by atomic mass is 16.7. The monoisotopic (exact) mass is 423 g/mol. The molecule has 4 aromatic rings. The number of nitrogens with zero attached hydrogens (tertiary/aromatic N) is 5. The summed E-state index contributed by atoms with van der Waals surface area (Å²) in [6, 6.07) is 16.0. The van der Waals surface area contributed by atoms with E-state index in [0.29, 0.717) is 0 Å². The number of ether oxygens (including phenoxy) is 2. The summed E-state index contributed by atoms with van der Waals surface area (Å²) in [4.78, 5) is 20.8. The standard InChI is InChI=1S/C25H21N5O2/c1-4-20(28-21(5-1)17-6-7-23-24(11-17)32-16-31-23)15-30-10-8-22-19(14-30)13-27-25(29-22)18-3-2-9-26-12-18/h1-7,9,11-13H,8,10,14-16H2. The molecule has 5 heterocycles. The zero-order valence-corrected chi connectivity index (χ0v) is 17.4. The number of rotatable bonds is 4. The molecule has 3 aromatic heterocycles. The van der Waals surface area contributed by atoms with E-state index in [-0.39, 0.29) is 6.79 Å². The normalized spacial score (nSPS) is 14.9. The SMILES string of the molecule is c1cncc(-c2ncc3c(n2)CCN(Cc2cccc(-c4ccc5c(c4)OCO5)n2)C3)c1. The molecule has 0 aliphatic carbocycles. The summed E-state index contributed by atoms with van der Waals surface area (Å²) in [6.45, 7) is 2.81. The van der Waals surface area contributed by atoms with E-state index < -0.39 is 0 Å². The average molecular weight is 423 g/mol. The van der Waals surface area contributed by atoms with Crippen molar-refractivity contribution in [3.05, 3.63) is 84.1 Å². The molecular formula is C25H21N5O2. The van der Waals surface area contributed by atoms with Crippen LogP contribution >= 0.6 is 0 Å². The Bertz CT molecular complexity index is 1280. The molecule has 0 fully saturated rings. The van der Waals surface area contributed by atoms with Crippen LogP contribution < -0.4 is 9.47 Å². The van der Waals surface area contributed by atoms with Gasteiger partial charge in [0.2, 0.25) is 6.79 Å². The largest absolute Gasteiger partial charge is 0.454 e. The molecule has 158 valence electrons. The van der Waals surface area contributed by atoms with E-state index in [9.17, 15) is 0 Å². The van der Waals surface area contributed by atoms with E-state index in [1.165, 1.54) is 5.56 Å². The fourth-order valence-electron chi connectivity index (χ4n) is 4.16. The molecule has 0 bridgehead atoms. The highest BCUT2D eigenvalue weighted by Gasteiger charge is 2.20. The Kier molecular flexibility index (Phi) is 4.73. The van der Waals surface area contributed by atoms with Gasteiger partial charge in [0, 0.05) is 61.3 Å². The van der Waals surface area contributed by atoms with E-state index in [4.69, 9.17) is 19.4 Å². The number of benzene rings is 1. The summed E-state index contributed by atoms with van der Waals surface area (Å²) in [5.41, 5.74) is 6.24. The molecule has 0 atom stereocenters. The Hall–Kier alpha value is -3.84. The maximum absolute atomic E-state index is 5.51. The smallest absolute Gasteiger partial charge is 0.231 e. The predicted molar refractivity (Wildman–Crippen MR) is 119 cm³/mol. The third-order valence-corrected chi connectivity index (χ3v) is 5.79. The minimum absolute atomic E-state index is 0.274. The molecule has 0 radical (unpaired) electrons. The van der Waals surface area contributed by atoms with Crippen molar-refractivity contribution in [3.8, 4) is 34.1 Å². The van der Waals surface area contributed by atoms with Crippen molar-refractivity contribution in [2.45, 2.75) is 19.5 Å². The maximum Gasteiger partial charge on any atom is 0.231 e. The quantitative estimate of drug-likeness (QED) is 0.493. The van der Waals surface area contributed by atoms with Gasteiger partial charge in [-0.25, -0.2) is 9.97 Å². The summed E-state index contributed by atoms with van der Waals surface area (Å²) in [5, 5.41) is 0. The minimum Gasteiger partial charge on any atom is -0.454 e. The van der Waals surface area contributed by atoms with Crippen LogP contribution in [0.25, 0.3) is 22.6 Å². The summed E-state index contributed by atoms with van der Waals surface area (Å²) >= 11 is 0. The lowest BCUT2D eigenvalue weighted by Crippen LogP contribution is -2.31.